The minimum absolute atomic E-state index is 0.175. The first kappa shape index (κ1) is 10.3. The van der Waals surface area contributed by atoms with E-state index >= 15 is 0 Å². The summed E-state index contributed by atoms with van der Waals surface area (Å²) in [6, 6.07) is 0. The smallest absolute Gasteiger partial charge is 0.0731 e. The van der Waals surface area contributed by atoms with Crippen LogP contribution in [0.4, 0.5) is 0 Å². The Morgan fingerprint density at radius 3 is 2.50 bits per heavy atom. The molecule has 12 heavy (non-hydrogen) atoms. The minimum atomic E-state index is 0.175. The second kappa shape index (κ2) is 3.51. The van der Waals surface area contributed by atoms with Crippen molar-refractivity contribution in [1.82, 2.24) is 0 Å². The highest BCUT2D eigenvalue weighted by molar-refractivity contribution is 9.11. The van der Waals surface area contributed by atoms with Gasteiger partial charge in [-0.15, -0.1) is 0 Å². The van der Waals surface area contributed by atoms with Crippen LogP contribution < -0.4 is 0 Å². The van der Waals surface area contributed by atoms with Crippen molar-refractivity contribution in [2.75, 3.05) is 6.61 Å². The molecule has 0 aliphatic heterocycles. The Hall–Kier alpha value is 0.180. The summed E-state index contributed by atoms with van der Waals surface area (Å²) in [6.07, 6.45) is 2.59. The molecule has 0 aromatic carbocycles. The van der Waals surface area contributed by atoms with Crippen molar-refractivity contribution in [3.63, 3.8) is 0 Å². The summed E-state index contributed by atoms with van der Waals surface area (Å²) in [5.74, 6) is 0.500. The molecule has 0 N–H and O–H groups in total. The van der Waals surface area contributed by atoms with Gasteiger partial charge in [-0.1, -0.05) is 42.8 Å². The predicted octanol–water partition coefficient (Wildman–Crippen LogP) is 3.35. The van der Waals surface area contributed by atoms with E-state index in [1.807, 2.05) is 0 Å². The van der Waals surface area contributed by atoms with E-state index in [0.717, 1.165) is 6.61 Å². The molecule has 2 atom stereocenters. The van der Waals surface area contributed by atoms with Crippen molar-refractivity contribution >= 4 is 15.9 Å². The van der Waals surface area contributed by atoms with Gasteiger partial charge >= 0.3 is 0 Å². The first-order valence-electron chi connectivity index (χ1n) is 4.49. The largest absolute Gasteiger partial charge is 0.377 e. The van der Waals surface area contributed by atoms with Crippen molar-refractivity contribution in [3.8, 4) is 0 Å². The highest BCUT2D eigenvalue weighted by Gasteiger charge is 2.39. The monoisotopic (exact) mass is 232 g/mol. The van der Waals surface area contributed by atoms with Gasteiger partial charge in [-0.2, -0.15) is 0 Å². The predicted molar refractivity (Wildman–Crippen MR) is 55.4 cm³/mol. The van der Waals surface area contributed by atoms with Gasteiger partial charge in [-0.25, -0.2) is 0 Å². The highest BCUT2D eigenvalue weighted by Crippen LogP contribution is 2.43. The van der Waals surface area contributed by atoms with Gasteiger partial charge < -0.3 is 4.74 Å². The zero-order chi connectivity index (χ0) is 9.35. The average molecular weight is 233 g/mol. The zero-order valence-corrected chi connectivity index (χ0v) is 9.81. The summed E-state index contributed by atoms with van der Waals surface area (Å²) in [7, 11) is 0. The third-order valence-corrected chi connectivity index (χ3v) is 3.43. The quantitative estimate of drug-likeness (QED) is 0.710. The lowest BCUT2D eigenvalue weighted by molar-refractivity contribution is -0.0115. The molecule has 1 nitrogen and oxygen atoms in total. The van der Waals surface area contributed by atoms with Crippen molar-refractivity contribution in [2.45, 2.75) is 33.8 Å². The maximum atomic E-state index is 5.72. The van der Waals surface area contributed by atoms with Gasteiger partial charge in [0, 0.05) is 17.9 Å². The Balaban J connectivity index is 2.76. The minimum Gasteiger partial charge on any atom is -0.377 e. The van der Waals surface area contributed by atoms with Crippen LogP contribution in [-0.2, 0) is 4.74 Å². The molecule has 0 saturated carbocycles. The molecule has 0 saturated heterocycles. The third-order valence-electron chi connectivity index (χ3n) is 2.48. The van der Waals surface area contributed by atoms with Crippen LogP contribution in [0.3, 0.4) is 0 Å². The lowest BCUT2D eigenvalue weighted by Gasteiger charge is -2.29. The molecule has 1 aliphatic carbocycles. The molecule has 0 bridgehead atoms. The SMILES string of the molecule is CCO[C@H]1[C@H](C)C(Br)=CC1(C)C. The fourth-order valence-corrected chi connectivity index (χ4v) is 2.73. The molecular formula is C10H17BrO. The Morgan fingerprint density at radius 1 is 1.58 bits per heavy atom. The summed E-state index contributed by atoms with van der Waals surface area (Å²) in [5.41, 5.74) is 0.175. The number of hydrogen-bond acceptors (Lipinski definition) is 1. The molecule has 0 amide bonds. The maximum Gasteiger partial charge on any atom is 0.0731 e. The molecule has 0 fully saturated rings. The Morgan fingerprint density at radius 2 is 2.17 bits per heavy atom. The maximum absolute atomic E-state index is 5.72. The fourth-order valence-electron chi connectivity index (χ4n) is 1.90. The second-order valence-corrected chi connectivity index (χ2v) is 4.93. The summed E-state index contributed by atoms with van der Waals surface area (Å²) in [5, 5.41) is 0. The van der Waals surface area contributed by atoms with E-state index < -0.39 is 0 Å². The van der Waals surface area contributed by atoms with Crippen LogP contribution in [0.25, 0.3) is 0 Å². The molecule has 0 unspecified atom stereocenters. The Kier molecular flexibility index (Phi) is 3.00. The number of rotatable bonds is 2. The third kappa shape index (κ3) is 1.74. The van der Waals surface area contributed by atoms with Crippen molar-refractivity contribution < 1.29 is 4.74 Å². The molecular weight excluding hydrogens is 216 g/mol. The van der Waals surface area contributed by atoms with Crippen LogP contribution in [0, 0.1) is 11.3 Å². The van der Waals surface area contributed by atoms with Gasteiger partial charge in [0.25, 0.3) is 0 Å². The van der Waals surface area contributed by atoms with Crippen molar-refractivity contribution in [2.24, 2.45) is 11.3 Å². The molecule has 2 heteroatoms. The van der Waals surface area contributed by atoms with E-state index in [1.54, 1.807) is 0 Å². The van der Waals surface area contributed by atoms with E-state index in [9.17, 15) is 0 Å². The Bertz CT molecular complexity index is 196. The van der Waals surface area contributed by atoms with E-state index in [4.69, 9.17) is 4.74 Å². The summed E-state index contributed by atoms with van der Waals surface area (Å²) >= 11 is 3.57. The van der Waals surface area contributed by atoms with Crippen LogP contribution >= 0.6 is 15.9 Å². The number of hydrogen-bond donors (Lipinski definition) is 0. The van der Waals surface area contributed by atoms with E-state index in [-0.39, 0.29) is 5.41 Å². The molecule has 70 valence electrons. The van der Waals surface area contributed by atoms with Gasteiger partial charge in [-0.05, 0) is 11.4 Å². The van der Waals surface area contributed by atoms with Gasteiger partial charge in [0.1, 0.15) is 0 Å². The average Bonchev–Trinajstić information content (AvgIpc) is 2.13. The number of ether oxygens (including phenoxy) is 1. The molecule has 1 rings (SSSR count). The molecule has 0 heterocycles. The summed E-state index contributed by atoms with van der Waals surface area (Å²) in [6.45, 7) is 9.49. The van der Waals surface area contributed by atoms with Crippen LogP contribution in [0.15, 0.2) is 10.6 Å². The van der Waals surface area contributed by atoms with Crippen LogP contribution in [0.1, 0.15) is 27.7 Å². The van der Waals surface area contributed by atoms with Gasteiger partial charge in [-0.3, -0.25) is 0 Å². The number of halogens is 1. The Labute approximate surface area is 83.3 Å². The van der Waals surface area contributed by atoms with E-state index in [1.165, 1.54) is 4.48 Å². The van der Waals surface area contributed by atoms with Crippen molar-refractivity contribution in [1.29, 1.82) is 0 Å². The zero-order valence-electron chi connectivity index (χ0n) is 8.23. The van der Waals surface area contributed by atoms with E-state index in [2.05, 4.69) is 49.7 Å². The molecule has 0 radical (unpaired) electrons. The molecule has 0 spiro atoms. The van der Waals surface area contributed by atoms with E-state index in [0.29, 0.717) is 12.0 Å². The topological polar surface area (TPSA) is 9.23 Å². The lowest BCUT2D eigenvalue weighted by Crippen LogP contribution is -2.31. The first-order valence-corrected chi connectivity index (χ1v) is 5.28. The van der Waals surface area contributed by atoms with Gasteiger partial charge in [0.2, 0.25) is 0 Å². The van der Waals surface area contributed by atoms with Crippen LogP contribution in [0.2, 0.25) is 0 Å². The van der Waals surface area contributed by atoms with Crippen LogP contribution in [0.5, 0.6) is 0 Å². The molecule has 1 aliphatic rings. The van der Waals surface area contributed by atoms with Gasteiger partial charge in [0.15, 0.2) is 0 Å². The summed E-state index contributed by atoms with van der Waals surface area (Å²) < 4.78 is 7.00. The van der Waals surface area contributed by atoms with Gasteiger partial charge in [0.05, 0.1) is 6.10 Å². The summed E-state index contributed by atoms with van der Waals surface area (Å²) in [4.78, 5) is 0. The molecule has 0 aromatic rings. The second-order valence-electron chi connectivity index (χ2n) is 4.02. The first-order chi connectivity index (χ1) is 5.49. The van der Waals surface area contributed by atoms with Crippen LogP contribution in [-0.4, -0.2) is 12.7 Å². The fraction of sp³-hybridized carbons (Fsp3) is 0.800. The van der Waals surface area contributed by atoms with Crippen molar-refractivity contribution in [3.05, 3.63) is 10.6 Å². The standard InChI is InChI=1S/C10H17BrO/c1-5-12-9-7(2)8(11)6-10(9,3)4/h6-7,9H,5H2,1-4H3/t7-,9+/m1/s1. The lowest BCUT2D eigenvalue weighted by atomic mass is 9.87. The normalized spacial score (nSPS) is 33.6. The highest BCUT2D eigenvalue weighted by atomic mass is 79.9. The molecule has 0 aromatic heterocycles.